The van der Waals surface area contributed by atoms with E-state index in [-0.39, 0.29) is 17.2 Å². The van der Waals surface area contributed by atoms with Crippen LogP contribution in [-0.4, -0.2) is 34.4 Å². The van der Waals surface area contributed by atoms with Gasteiger partial charge < -0.3 is 10.1 Å². The van der Waals surface area contributed by atoms with Crippen molar-refractivity contribution in [3.05, 3.63) is 71.6 Å². The molecule has 1 aliphatic carbocycles. The highest BCUT2D eigenvalue weighted by Crippen LogP contribution is 2.38. The zero-order chi connectivity index (χ0) is 23.0. The van der Waals surface area contributed by atoms with E-state index in [1.165, 1.54) is 4.68 Å². The lowest BCUT2D eigenvalue weighted by Gasteiger charge is -2.34. The van der Waals surface area contributed by atoms with E-state index < -0.39 is 5.91 Å². The van der Waals surface area contributed by atoms with Crippen molar-refractivity contribution in [3.63, 3.8) is 0 Å². The Labute approximate surface area is 187 Å². The summed E-state index contributed by atoms with van der Waals surface area (Å²) < 4.78 is 6.92. The minimum atomic E-state index is -0.412. The van der Waals surface area contributed by atoms with E-state index >= 15 is 0 Å². The second kappa shape index (κ2) is 8.07. The molecule has 0 radical (unpaired) electrons. The first-order valence-electron chi connectivity index (χ1n) is 10.4. The zero-order valence-corrected chi connectivity index (χ0v) is 18.8. The number of methoxy groups -OCH3 is 1. The molecule has 4 rings (SSSR count). The predicted molar refractivity (Wildman–Crippen MR) is 123 cm³/mol. The van der Waals surface area contributed by atoms with Crippen molar-refractivity contribution in [2.24, 2.45) is 23.4 Å². The van der Waals surface area contributed by atoms with Gasteiger partial charge in [0.05, 0.1) is 18.5 Å². The van der Waals surface area contributed by atoms with Crippen molar-refractivity contribution in [2.75, 3.05) is 7.11 Å². The van der Waals surface area contributed by atoms with E-state index in [1.807, 2.05) is 36.4 Å². The number of hydrogen-bond acceptors (Lipinski definition) is 4. The maximum atomic E-state index is 12.9. The summed E-state index contributed by atoms with van der Waals surface area (Å²) in [6, 6.07) is 9.21. The van der Waals surface area contributed by atoms with Crippen LogP contribution in [0.2, 0.25) is 0 Å². The Morgan fingerprint density at radius 3 is 2.69 bits per heavy atom. The second-order valence-electron chi connectivity index (χ2n) is 8.86. The zero-order valence-electron chi connectivity index (χ0n) is 18.8. The number of aromatic nitrogens is 2. The van der Waals surface area contributed by atoms with Crippen molar-refractivity contribution in [1.82, 2.24) is 15.1 Å². The number of hydrogen-bond donors (Lipinski definition) is 1. The first-order valence-corrected chi connectivity index (χ1v) is 10.4. The summed E-state index contributed by atoms with van der Waals surface area (Å²) in [4.78, 5) is 29.4. The van der Waals surface area contributed by atoms with Gasteiger partial charge in [-0.2, -0.15) is 5.10 Å². The molecule has 1 aliphatic heterocycles. The van der Waals surface area contributed by atoms with E-state index in [1.54, 1.807) is 32.4 Å². The van der Waals surface area contributed by atoms with Crippen molar-refractivity contribution in [2.45, 2.75) is 20.8 Å². The van der Waals surface area contributed by atoms with Gasteiger partial charge in [-0.3, -0.25) is 14.3 Å². The Morgan fingerprint density at radius 2 is 1.97 bits per heavy atom. The molecule has 0 saturated carbocycles. The smallest absolute Gasteiger partial charge is 0.295 e. The summed E-state index contributed by atoms with van der Waals surface area (Å²) >= 11 is 0. The third-order valence-electron chi connectivity index (χ3n) is 5.57. The third kappa shape index (κ3) is 4.06. The van der Waals surface area contributed by atoms with Gasteiger partial charge in [-0.15, -0.1) is 0 Å². The molecule has 1 N–H and O–H groups in total. The molecule has 1 aromatic carbocycles. The maximum Gasteiger partial charge on any atom is 0.295 e. The molecular formula is C25H26N4O3. The molecule has 2 aromatic rings. The minimum Gasteiger partial charge on any atom is -0.496 e. The van der Waals surface area contributed by atoms with Crippen molar-refractivity contribution in [3.8, 4) is 17.0 Å². The van der Waals surface area contributed by atoms with Crippen LogP contribution in [0.25, 0.3) is 11.3 Å². The molecule has 32 heavy (non-hydrogen) atoms. The predicted octanol–water partition coefficient (Wildman–Crippen LogP) is 3.85. The van der Waals surface area contributed by atoms with Crippen LogP contribution in [0.3, 0.4) is 0 Å². The summed E-state index contributed by atoms with van der Waals surface area (Å²) in [5.41, 5.74) is 3.88. The van der Waals surface area contributed by atoms with Gasteiger partial charge in [-0.25, -0.2) is 4.99 Å². The molecule has 2 heterocycles. The van der Waals surface area contributed by atoms with E-state index in [0.717, 1.165) is 16.8 Å². The molecule has 7 heteroatoms. The molecule has 164 valence electrons. The maximum absolute atomic E-state index is 12.9. The number of rotatable bonds is 3. The minimum absolute atomic E-state index is 0.0318. The van der Waals surface area contributed by atoms with Crippen LogP contribution in [-0.2, 0) is 11.8 Å². The van der Waals surface area contributed by atoms with Crippen LogP contribution in [0.1, 0.15) is 31.3 Å². The average Bonchev–Trinajstić information content (AvgIpc) is 3.13. The third-order valence-corrected chi connectivity index (χ3v) is 5.57. The molecule has 0 bridgehead atoms. The van der Waals surface area contributed by atoms with E-state index in [0.29, 0.717) is 22.8 Å². The SMILES string of the molecule is COc1ccccc1-c1cc(C(=O)N=C2C=CC3C(=C2)NC(=O)C=C3C(C)(C)C)n(C)n1. The Morgan fingerprint density at radius 1 is 1.22 bits per heavy atom. The van der Waals surface area contributed by atoms with Gasteiger partial charge in [0, 0.05) is 30.3 Å². The Bertz CT molecular complexity index is 1220. The number of carbonyl (C=O) groups excluding carboxylic acids is 2. The van der Waals surface area contributed by atoms with Crippen molar-refractivity contribution < 1.29 is 14.3 Å². The van der Waals surface area contributed by atoms with Crippen LogP contribution in [0, 0.1) is 11.3 Å². The molecule has 0 spiro atoms. The first kappa shape index (κ1) is 21.5. The lowest BCUT2D eigenvalue weighted by atomic mass is 9.74. The summed E-state index contributed by atoms with van der Waals surface area (Å²) in [6.45, 7) is 6.24. The topological polar surface area (TPSA) is 85.6 Å². The number of para-hydroxylation sites is 1. The number of amides is 2. The highest BCUT2D eigenvalue weighted by Gasteiger charge is 2.32. The molecule has 0 fully saturated rings. The van der Waals surface area contributed by atoms with E-state index in [2.05, 4.69) is 36.2 Å². The number of aryl methyl sites for hydroxylation is 1. The fourth-order valence-electron chi connectivity index (χ4n) is 3.97. The van der Waals surface area contributed by atoms with Gasteiger partial charge >= 0.3 is 0 Å². The number of allylic oxidation sites excluding steroid dienone is 3. The molecule has 1 aromatic heterocycles. The van der Waals surface area contributed by atoms with Gasteiger partial charge in [0.2, 0.25) is 5.91 Å². The molecule has 2 amide bonds. The molecule has 2 aliphatic rings. The van der Waals surface area contributed by atoms with Crippen LogP contribution >= 0.6 is 0 Å². The standard InChI is InChI=1S/C25H26N4O3/c1-25(2,3)18-13-23(30)27-19-12-15(10-11-16(18)19)26-24(31)21-14-20(28-29(21)4)17-8-6-7-9-22(17)32-5/h6-14,16H,1-5H3,(H,27,30). The summed E-state index contributed by atoms with van der Waals surface area (Å²) in [7, 11) is 3.31. The summed E-state index contributed by atoms with van der Waals surface area (Å²) in [5.74, 6) is 0.0737. The Balaban J connectivity index is 1.63. The Kier molecular flexibility index (Phi) is 5.42. The van der Waals surface area contributed by atoms with Crippen molar-refractivity contribution in [1.29, 1.82) is 0 Å². The van der Waals surface area contributed by atoms with Gasteiger partial charge in [0.1, 0.15) is 11.4 Å². The van der Waals surface area contributed by atoms with Crippen molar-refractivity contribution >= 4 is 17.5 Å². The van der Waals surface area contributed by atoms with Crippen LogP contribution in [0.4, 0.5) is 0 Å². The lowest BCUT2D eigenvalue weighted by Crippen LogP contribution is -2.36. The fraction of sp³-hybridized carbons (Fsp3) is 0.280. The van der Waals surface area contributed by atoms with Gasteiger partial charge in [-0.1, -0.05) is 39.0 Å². The van der Waals surface area contributed by atoms with E-state index in [9.17, 15) is 9.59 Å². The van der Waals surface area contributed by atoms with Crippen LogP contribution < -0.4 is 10.1 Å². The quantitative estimate of drug-likeness (QED) is 0.802. The summed E-state index contributed by atoms with van der Waals surface area (Å²) in [5, 5.41) is 7.35. The molecule has 1 atom stereocenters. The van der Waals surface area contributed by atoms with Crippen LogP contribution in [0.15, 0.2) is 70.9 Å². The number of nitrogens with zero attached hydrogens (tertiary/aromatic N) is 3. The molecule has 1 unspecified atom stereocenters. The molecular weight excluding hydrogens is 404 g/mol. The van der Waals surface area contributed by atoms with Gasteiger partial charge in [-0.05, 0) is 41.3 Å². The normalized spacial score (nSPS) is 19.2. The highest BCUT2D eigenvalue weighted by atomic mass is 16.5. The number of nitrogens with one attached hydrogen (secondary N) is 1. The largest absolute Gasteiger partial charge is 0.496 e. The van der Waals surface area contributed by atoms with E-state index in [4.69, 9.17) is 4.74 Å². The summed E-state index contributed by atoms with van der Waals surface area (Å²) in [6.07, 6.45) is 7.22. The number of ether oxygens (including phenoxy) is 1. The van der Waals surface area contributed by atoms with Gasteiger partial charge in [0.15, 0.2) is 0 Å². The highest BCUT2D eigenvalue weighted by molar-refractivity contribution is 6.14. The number of fused-ring (bicyclic) bond motifs is 1. The van der Waals surface area contributed by atoms with Crippen LogP contribution in [0.5, 0.6) is 5.75 Å². The fourth-order valence-corrected chi connectivity index (χ4v) is 3.97. The number of benzene rings is 1. The number of aliphatic imine (C=N–C) groups is 1. The molecule has 7 nitrogen and oxygen atoms in total. The molecule has 0 saturated heterocycles. The lowest BCUT2D eigenvalue weighted by molar-refractivity contribution is -0.116. The second-order valence-corrected chi connectivity index (χ2v) is 8.86. The Hall–Kier alpha value is -3.74. The monoisotopic (exact) mass is 430 g/mol. The van der Waals surface area contributed by atoms with Gasteiger partial charge in [0.25, 0.3) is 5.91 Å². The average molecular weight is 431 g/mol. The first-order chi connectivity index (χ1) is 15.2. The number of carbonyl (C=O) groups is 2.